The van der Waals surface area contributed by atoms with E-state index in [9.17, 15) is 4.79 Å². The molecular weight excluding hydrogens is 242 g/mol. The molecule has 0 radical (unpaired) electrons. The van der Waals surface area contributed by atoms with Crippen LogP contribution in [0.3, 0.4) is 0 Å². The van der Waals surface area contributed by atoms with Crippen molar-refractivity contribution >= 4 is 17.6 Å². The molecular formula is C12H16ClNO3. The van der Waals surface area contributed by atoms with Gasteiger partial charge in [0.25, 0.3) is 0 Å². The van der Waals surface area contributed by atoms with E-state index in [1.165, 1.54) is 0 Å². The first-order valence-corrected chi connectivity index (χ1v) is 5.69. The topological polar surface area (TPSA) is 58.6 Å². The summed E-state index contributed by atoms with van der Waals surface area (Å²) < 4.78 is 5.19. The summed E-state index contributed by atoms with van der Waals surface area (Å²) in [5.74, 6) is -0.542. The van der Waals surface area contributed by atoms with Gasteiger partial charge in [-0.05, 0) is 12.1 Å². The number of nitrogens with one attached hydrogen (secondary N) is 1. The van der Waals surface area contributed by atoms with Crippen molar-refractivity contribution in [3.63, 3.8) is 0 Å². The summed E-state index contributed by atoms with van der Waals surface area (Å²) in [7, 11) is 1.58. The van der Waals surface area contributed by atoms with Crippen molar-refractivity contribution in [3.05, 3.63) is 28.8 Å². The molecule has 0 saturated heterocycles. The van der Waals surface area contributed by atoms with Crippen molar-refractivity contribution in [2.45, 2.75) is 13.5 Å². The maximum atomic E-state index is 10.6. The molecule has 0 aliphatic heterocycles. The lowest BCUT2D eigenvalue weighted by molar-refractivity contribution is -0.140. The minimum Gasteiger partial charge on any atom is -0.496 e. The lowest BCUT2D eigenvalue weighted by atomic mass is 10.1. The van der Waals surface area contributed by atoms with Gasteiger partial charge in [0.15, 0.2) is 0 Å². The van der Waals surface area contributed by atoms with Crippen molar-refractivity contribution in [3.8, 4) is 5.75 Å². The quantitative estimate of drug-likeness (QED) is 0.820. The standard InChI is InChI=1S/C12H16ClNO3/c1-8(12(15)16)6-14-7-9-10(13)4-3-5-11(9)17-2/h3-5,8,14H,6-7H2,1-2H3,(H,15,16). The Morgan fingerprint density at radius 2 is 2.29 bits per heavy atom. The van der Waals surface area contributed by atoms with Crippen LogP contribution in [0, 0.1) is 5.92 Å². The van der Waals surface area contributed by atoms with E-state index in [1.54, 1.807) is 20.1 Å². The molecule has 1 rings (SSSR count). The molecule has 4 nitrogen and oxygen atoms in total. The van der Waals surface area contributed by atoms with Crippen LogP contribution in [0.4, 0.5) is 0 Å². The Morgan fingerprint density at radius 3 is 2.88 bits per heavy atom. The summed E-state index contributed by atoms with van der Waals surface area (Å²) in [6.45, 7) is 2.53. The Morgan fingerprint density at radius 1 is 1.59 bits per heavy atom. The fraction of sp³-hybridized carbons (Fsp3) is 0.417. The van der Waals surface area contributed by atoms with Crippen molar-refractivity contribution < 1.29 is 14.6 Å². The van der Waals surface area contributed by atoms with Crippen LogP contribution >= 0.6 is 11.6 Å². The maximum absolute atomic E-state index is 10.6. The Bertz CT molecular complexity index is 395. The van der Waals surface area contributed by atoms with Gasteiger partial charge in [0, 0.05) is 23.7 Å². The number of rotatable bonds is 6. The number of hydrogen-bond acceptors (Lipinski definition) is 3. The third-order valence-corrected chi connectivity index (χ3v) is 2.82. The normalized spacial score (nSPS) is 12.2. The Kier molecular flexibility index (Phi) is 5.25. The van der Waals surface area contributed by atoms with Gasteiger partial charge in [-0.3, -0.25) is 4.79 Å². The van der Waals surface area contributed by atoms with Gasteiger partial charge in [-0.15, -0.1) is 0 Å². The fourth-order valence-electron chi connectivity index (χ4n) is 1.40. The summed E-state index contributed by atoms with van der Waals surface area (Å²) >= 11 is 6.05. The molecule has 0 saturated carbocycles. The van der Waals surface area contributed by atoms with Gasteiger partial charge < -0.3 is 15.2 Å². The van der Waals surface area contributed by atoms with Crippen LogP contribution in [-0.4, -0.2) is 24.7 Å². The molecule has 1 aromatic carbocycles. The summed E-state index contributed by atoms with van der Waals surface area (Å²) in [6.07, 6.45) is 0. The SMILES string of the molecule is COc1cccc(Cl)c1CNCC(C)C(=O)O. The van der Waals surface area contributed by atoms with Crippen molar-refractivity contribution in [2.75, 3.05) is 13.7 Å². The first-order valence-electron chi connectivity index (χ1n) is 5.31. The largest absolute Gasteiger partial charge is 0.496 e. The highest BCUT2D eigenvalue weighted by Crippen LogP contribution is 2.25. The molecule has 0 aromatic heterocycles. The molecule has 0 fully saturated rings. The fourth-order valence-corrected chi connectivity index (χ4v) is 1.64. The number of benzene rings is 1. The highest BCUT2D eigenvalue weighted by Gasteiger charge is 2.11. The minimum atomic E-state index is -0.816. The number of halogens is 1. The van der Waals surface area contributed by atoms with E-state index in [0.29, 0.717) is 23.9 Å². The number of methoxy groups -OCH3 is 1. The first-order chi connectivity index (χ1) is 8.06. The lowest BCUT2D eigenvalue weighted by Crippen LogP contribution is -2.26. The highest BCUT2D eigenvalue weighted by atomic mass is 35.5. The van der Waals surface area contributed by atoms with Gasteiger partial charge in [0.1, 0.15) is 5.75 Å². The van der Waals surface area contributed by atoms with Gasteiger partial charge in [0.05, 0.1) is 13.0 Å². The third kappa shape index (κ3) is 3.91. The van der Waals surface area contributed by atoms with Crippen molar-refractivity contribution in [1.29, 1.82) is 0 Å². The van der Waals surface area contributed by atoms with Crippen molar-refractivity contribution in [1.82, 2.24) is 5.32 Å². The summed E-state index contributed by atoms with van der Waals surface area (Å²) in [5, 5.41) is 12.4. The molecule has 0 spiro atoms. The van der Waals surface area contributed by atoms with Gasteiger partial charge in [-0.2, -0.15) is 0 Å². The van der Waals surface area contributed by atoms with E-state index < -0.39 is 11.9 Å². The molecule has 0 aliphatic carbocycles. The second-order valence-electron chi connectivity index (χ2n) is 3.79. The zero-order valence-corrected chi connectivity index (χ0v) is 10.6. The van der Waals surface area contributed by atoms with Gasteiger partial charge in [0.2, 0.25) is 0 Å². The Balaban J connectivity index is 2.60. The number of hydrogen-bond donors (Lipinski definition) is 2. The Hall–Kier alpha value is -1.26. The molecule has 1 atom stereocenters. The highest BCUT2D eigenvalue weighted by molar-refractivity contribution is 6.31. The van der Waals surface area contributed by atoms with Crippen molar-refractivity contribution in [2.24, 2.45) is 5.92 Å². The number of carbonyl (C=O) groups is 1. The van der Waals surface area contributed by atoms with E-state index in [-0.39, 0.29) is 0 Å². The van der Waals surface area contributed by atoms with E-state index in [0.717, 1.165) is 5.56 Å². The van der Waals surface area contributed by atoms with Crippen LogP contribution in [0.5, 0.6) is 5.75 Å². The predicted molar refractivity (Wildman–Crippen MR) is 66.5 cm³/mol. The van der Waals surface area contributed by atoms with Gasteiger partial charge >= 0.3 is 5.97 Å². The number of ether oxygens (including phenoxy) is 1. The second kappa shape index (κ2) is 6.47. The molecule has 2 N–H and O–H groups in total. The van der Waals surface area contributed by atoms with Crippen LogP contribution in [0.15, 0.2) is 18.2 Å². The predicted octanol–water partition coefficient (Wildman–Crippen LogP) is 2.16. The zero-order chi connectivity index (χ0) is 12.8. The van der Waals surface area contributed by atoms with E-state index in [2.05, 4.69) is 5.32 Å². The van der Waals surface area contributed by atoms with E-state index >= 15 is 0 Å². The summed E-state index contributed by atoms with van der Waals surface area (Å²) in [4.78, 5) is 10.6. The molecule has 94 valence electrons. The molecule has 5 heteroatoms. The molecule has 1 aromatic rings. The number of aliphatic carboxylic acids is 1. The van der Waals surface area contributed by atoms with Crippen LogP contribution < -0.4 is 10.1 Å². The molecule has 0 aliphatic rings. The van der Waals surface area contributed by atoms with E-state index in [1.807, 2.05) is 12.1 Å². The molecule has 17 heavy (non-hydrogen) atoms. The molecule has 0 amide bonds. The van der Waals surface area contributed by atoms with Crippen LogP contribution in [0.25, 0.3) is 0 Å². The minimum absolute atomic E-state index is 0.393. The smallest absolute Gasteiger partial charge is 0.307 e. The number of carboxylic acid groups (broad SMARTS) is 1. The third-order valence-electron chi connectivity index (χ3n) is 2.47. The summed E-state index contributed by atoms with van der Waals surface area (Å²) in [5.41, 5.74) is 0.842. The lowest BCUT2D eigenvalue weighted by Gasteiger charge is -2.12. The molecule has 0 bridgehead atoms. The average molecular weight is 258 g/mol. The molecule has 1 unspecified atom stereocenters. The van der Waals surface area contributed by atoms with E-state index in [4.69, 9.17) is 21.4 Å². The average Bonchev–Trinajstić information content (AvgIpc) is 2.30. The van der Waals surface area contributed by atoms with Crippen LogP contribution in [0.2, 0.25) is 5.02 Å². The molecule has 0 heterocycles. The van der Waals surface area contributed by atoms with Gasteiger partial charge in [-0.1, -0.05) is 24.6 Å². The summed E-state index contributed by atoms with van der Waals surface area (Å²) in [6, 6.07) is 5.41. The monoisotopic (exact) mass is 257 g/mol. The van der Waals surface area contributed by atoms with Crippen LogP contribution in [0.1, 0.15) is 12.5 Å². The second-order valence-corrected chi connectivity index (χ2v) is 4.20. The zero-order valence-electron chi connectivity index (χ0n) is 9.87. The first kappa shape index (κ1) is 13.8. The Labute approximate surface area is 106 Å². The van der Waals surface area contributed by atoms with Crippen LogP contribution in [-0.2, 0) is 11.3 Å². The maximum Gasteiger partial charge on any atom is 0.307 e. The number of carboxylic acids is 1. The van der Waals surface area contributed by atoms with Gasteiger partial charge in [-0.25, -0.2) is 0 Å².